The summed E-state index contributed by atoms with van der Waals surface area (Å²) in [5, 5.41) is 10.9. The molecule has 1 amide bonds. The molecule has 2 heterocycles. The Labute approximate surface area is 198 Å². The van der Waals surface area contributed by atoms with E-state index in [1.165, 1.54) is 4.68 Å². The number of nitrogens with zero attached hydrogens (tertiary/aromatic N) is 3. The van der Waals surface area contributed by atoms with Crippen LogP contribution >= 0.6 is 11.6 Å². The largest absolute Gasteiger partial charge is 0.446 e. The van der Waals surface area contributed by atoms with Crippen LogP contribution in [0, 0.1) is 13.8 Å². The number of aryl methyl sites for hydroxylation is 5. The number of rotatable bonds is 10. The Morgan fingerprint density at radius 3 is 2.64 bits per heavy atom. The van der Waals surface area contributed by atoms with Gasteiger partial charge >= 0.3 is 0 Å². The summed E-state index contributed by atoms with van der Waals surface area (Å²) in [5.74, 6) is 1.11. The molecule has 2 N–H and O–H groups in total. The summed E-state index contributed by atoms with van der Waals surface area (Å²) in [6.45, 7) is 6.95. The van der Waals surface area contributed by atoms with E-state index in [0.29, 0.717) is 49.0 Å². The number of aromatic nitrogens is 3. The highest BCUT2D eigenvalue weighted by atomic mass is 35.5. The normalized spacial score (nSPS) is 11.1. The zero-order chi connectivity index (χ0) is 24.0. The van der Waals surface area contributed by atoms with Gasteiger partial charge in [-0.25, -0.2) is 9.67 Å². The van der Waals surface area contributed by atoms with Crippen molar-refractivity contribution in [2.75, 3.05) is 7.05 Å². The van der Waals surface area contributed by atoms with Crippen molar-refractivity contribution in [2.45, 2.75) is 59.7 Å². The number of oxazole rings is 1. The van der Waals surface area contributed by atoms with Gasteiger partial charge in [0.05, 0.1) is 24.9 Å². The Morgan fingerprint density at radius 1 is 1.18 bits per heavy atom. The average Bonchev–Trinajstić information content (AvgIpc) is 3.11. The zero-order valence-electron chi connectivity index (χ0n) is 19.5. The molecule has 0 radical (unpaired) electrons. The first kappa shape index (κ1) is 24.7. The van der Waals surface area contributed by atoms with E-state index < -0.39 is 0 Å². The Balaban J connectivity index is 1.72. The third kappa shape index (κ3) is 6.30. The van der Waals surface area contributed by atoms with Gasteiger partial charge < -0.3 is 15.1 Å². The minimum absolute atomic E-state index is 0.00541. The summed E-state index contributed by atoms with van der Waals surface area (Å²) in [6, 6.07) is 5.61. The third-order valence-electron chi connectivity index (χ3n) is 5.52. The lowest BCUT2D eigenvalue weighted by Gasteiger charge is -2.13. The molecule has 0 atom stereocenters. The van der Waals surface area contributed by atoms with E-state index in [2.05, 4.69) is 20.7 Å². The van der Waals surface area contributed by atoms with Crippen LogP contribution in [0.3, 0.4) is 0 Å². The molecule has 1 aromatic carbocycles. The average molecular weight is 472 g/mol. The van der Waals surface area contributed by atoms with Crippen molar-refractivity contribution < 1.29 is 9.21 Å². The van der Waals surface area contributed by atoms with E-state index in [1.807, 2.05) is 39.1 Å². The van der Waals surface area contributed by atoms with Crippen LogP contribution in [-0.4, -0.2) is 27.7 Å². The highest BCUT2D eigenvalue weighted by molar-refractivity contribution is 6.30. The molecule has 0 aliphatic rings. The number of halogens is 1. The fourth-order valence-electron chi connectivity index (χ4n) is 3.77. The Hall–Kier alpha value is -2.97. The fourth-order valence-corrected chi connectivity index (χ4v) is 3.97. The molecule has 0 unspecified atom stereocenters. The van der Waals surface area contributed by atoms with Crippen molar-refractivity contribution in [3.8, 4) is 0 Å². The summed E-state index contributed by atoms with van der Waals surface area (Å²) >= 11 is 6.13. The number of hydrogen-bond donors (Lipinski definition) is 2. The number of amides is 1. The number of carbonyl (C=O) groups is 1. The third-order valence-corrected chi connectivity index (χ3v) is 5.76. The highest BCUT2D eigenvalue weighted by Crippen LogP contribution is 2.16. The predicted octanol–water partition coefficient (Wildman–Crippen LogP) is 2.88. The van der Waals surface area contributed by atoms with Crippen LogP contribution < -0.4 is 16.2 Å². The minimum Gasteiger partial charge on any atom is -0.446 e. The molecule has 33 heavy (non-hydrogen) atoms. The second kappa shape index (κ2) is 11.2. The van der Waals surface area contributed by atoms with Crippen molar-refractivity contribution in [1.82, 2.24) is 25.4 Å². The summed E-state index contributed by atoms with van der Waals surface area (Å²) in [4.78, 5) is 30.2. The Bertz CT molecular complexity index is 1190. The molecule has 2 aromatic heterocycles. The molecule has 0 aliphatic carbocycles. The molecule has 9 heteroatoms. The monoisotopic (exact) mass is 471 g/mol. The predicted molar refractivity (Wildman–Crippen MR) is 127 cm³/mol. The molecule has 3 rings (SSSR count). The van der Waals surface area contributed by atoms with Crippen molar-refractivity contribution in [3.63, 3.8) is 0 Å². The Morgan fingerprint density at radius 2 is 1.97 bits per heavy atom. The highest BCUT2D eigenvalue weighted by Gasteiger charge is 2.16. The summed E-state index contributed by atoms with van der Waals surface area (Å²) < 4.78 is 6.85. The van der Waals surface area contributed by atoms with Crippen LogP contribution in [0.4, 0.5) is 0 Å². The molecule has 0 bridgehead atoms. The van der Waals surface area contributed by atoms with Crippen molar-refractivity contribution in [3.05, 3.63) is 79.4 Å². The van der Waals surface area contributed by atoms with Crippen LogP contribution in [0.15, 0.2) is 33.6 Å². The number of nitrogens with one attached hydrogen (secondary N) is 2. The molecule has 176 valence electrons. The molecule has 0 saturated carbocycles. The van der Waals surface area contributed by atoms with E-state index in [0.717, 1.165) is 28.1 Å². The maximum absolute atomic E-state index is 13.1. The fraction of sp³-hybridized carbons (Fsp3) is 0.417. The molecule has 0 fully saturated rings. The van der Waals surface area contributed by atoms with Crippen LogP contribution in [0.1, 0.15) is 46.5 Å². The first-order valence-corrected chi connectivity index (χ1v) is 11.4. The van der Waals surface area contributed by atoms with E-state index in [4.69, 9.17) is 16.0 Å². The molecule has 3 aromatic rings. The number of benzene rings is 1. The maximum Gasteiger partial charge on any atom is 0.270 e. The SMILES string of the molecule is CCc1cnn(CCc2nc(C)oc2C)c(=O)c1CC(=O)NCc1cc(Cl)ccc1CNC. The summed E-state index contributed by atoms with van der Waals surface area (Å²) in [7, 11) is 1.86. The van der Waals surface area contributed by atoms with Gasteiger partial charge in [0.15, 0.2) is 5.89 Å². The van der Waals surface area contributed by atoms with Gasteiger partial charge in [0, 0.05) is 37.0 Å². The van der Waals surface area contributed by atoms with Gasteiger partial charge in [0.1, 0.15) is 5.76 Å². The Kier molecular flexibility index (Phi) is 8.41. The van der Waals surface area contributed by atoms with E-state index in [9.17, 15) is 9.59 Å². The molecule has 0 spiro atoms. The summed E-state index contributed by atoms with van der Waals surface area (Å²) in [6.07, 6.45) is 2.81. The molecule has 0 aliphatic heterocycles. The van der Waals surface area contributed by atoms with Gasteiger partial charge in [0.2, 0.25) is 5.91 Å². The molecular weight excluding hydrogens is 442 g/mol. The van der Waals surface area contributed by atoms with Crippen molar-refractivity contribution in [1.29, 1.82) is 0 Å². The van der Waals surface area contributed by atoms with Gasteiger partial charge in [-0.2, -0.15) is 5.10 Å². The standard InChI is InChI=1S/C24H30ClN5O3/c1-5-17-14-28-30(9-8-22-15(2)33-16(3)29-22)24(32)21(17)11-23(31)27-13-19-10-20(25)7-6-18(19)12-26-4/h6-7,10,14,26H,5,8-9,11-13H2,1-4H3,(H,27,31). The lowest BCUT2D eigenvalue weighted by molar-refractivity contribution is -0.120. The first-order valence-electron chi connectivity index (χ1n) is 11.0. The van der Waals surface area contributed by atoms with Crippen LogP contribution in [0.2, 0.25) is 5.02 Å². The van der Waals surface area contributed by atoms with Crippen LogP contribution in [0.5, 0.6) is 0 Å². The lowest BCUT2D eigenvalue weighted by Crippen LogP contribution is -2.33. The second-order valence-corrected chi connectivity index (χ2v) is 8.35. The quantitative estimate of drug-likeness (QED) is 0.471. The first-order chi connectivity index (χ1) is 15.8. The minimum atomic E-state index is -0.249. The van der Waals surface area contributed by atoms with Crippen LogP contribution in [0.25, 0.3) is 0 Å². The van der Waals surface area contributed by atoms with E-state index in [-0.39, 0.29) is 17.9 Å². The second-order valence-electron chi connectivity index (χ2n) is 7.91. The van der Waals surface area contributed by atoms with Gasteiger partial charge in [-0.05, 0) is 49.2 Å². The van der Waals surface area contributed by atoms with E-state index in [1.54, 1.807) is 13.1 Å². The maximum atomic E-state index is 13.1. The summed E-state index contributed by atoms with van der Waals surface area (Å²) in [5.41, 5.74) is 3.80. The van der Waals surface area contributed by atoms with Crippen molar-refractivity contribution >= 4 is 17.5 Å². The number of carbonyl (C=O) groups excluding carboxylic acids is 1. The van der Waals surface area contributed by atoms with Crippen LogP contribution in [-0.2, 0) is 43.7 Å². The van der Waals surface area contributed by atoms with E-state index >= 15 is 0 Å². The lowest BCUT2D eigenvalue weighted by atomic mass is 10.1. The number of hydrogen-bond acceptors (Lipinski definition) is 6. The molecular formula is C24H30ClN5O3. The van der Waals surface area contributed by atoms with Gasteiger partial charge in [0.25, 0.3) is 5.56 Å². The smallest absolute Gasteiger partial charge is 0.270 e. The van der Waals surface area contributed by atoms with Gasteiger partial charge in [-0.15, -0.1) is 0 Å². The molecule has 8 nitrogen and oxygen atoms in total. The zero-order valence-corrected chi connectivity index (χ0v) is 20.3. The topological polar surface area (TPSA) is 102 Å². The van der Waals surface area contributed by atoms with Crippen molar-refractivity contribution in [2.24, 2.45) is 0 Å². The van der Waals surface area contributed by atoms with Gasteiger partial charge in [-0.1, -0.05) is 24.6 Å². The molecule has 0 saturated heterocycles. The van der Waals surface area contributed by atoms with Gasteiger partial charge in [-0.3, -0.25) is 9.59 Å².